The number of hydrogen-bond donors (Lipinski definition) is 2. The number of anilines is 1. The molecule has 0 saturated heterocycles. The summed E-state index contributed by atoms with van der Waals surface area (Å²) in [5.74, 6) is 0.513. The second kappa shape index (κ2) is 6.33. The number of nitrogens with zero attached hydrogens (tertiary/aromatic N) is 2. The Bertz CT molecular complexity index is 616. The van der Waals surface area contributed by atoms with E-state index in [4.69, 9.17) is 10.5 Å². The van der Waals surface area contributed by atoms with Crippen LogP contribution in [-0.2, 0) is 6.54 Å². The third-order valence-corrected chi connectivity index (χ3v) is 2.98. The molecular formula is C13H13BrN4O2. The zero-order chi connectivity index (χ0) is 14.5. The van der Waals surface area contributed by atoms with E-state index in [1.807, 2.05) is 24.3 Å². The van der Waals surface area contributed by atoms with Crippen LogP contribution in [0.25, 0.3) is 0 Å². The lowest BCUT2D eigenvalue weighted by Gasteiger charge is -2.09. The van der Waals surface area contributed by atoms with E-state index >= 15 is 0 Å². The van der Waals surface area contributed by atoms with E-state index in [1.54, 1.807) is 7.11 Å². The van der Waals surface area contributed by atoms with E-state index in [0.717, 1.165) is 11.3 Å². The Kier molecular flexibility index (Phi) is 4.52. The Morgan fingerprint density at radius 3 is 2.70 bits per heavy atom. The number of aromatic nitrogens is 2. The number of nitrogens with one attached hydrogen (secondary N) is 1. The maximum absolute atomic E-state index is 11.3. The van der Waals surface area contributed by atoms with Gasteiger partial charge in [-0.15, -0.1) is 0 Å². The van der Waals surface area contributed by atoms with Crippen molar-refractivity contribution in [3.8, 4) is 5.75 Å². The van der Waals surface area contributed by atoms with Crippen molar-refractivity contribution in [2.24, 2.45) is 5.73 Å². The molecule has 0 radical (unpaired) electrons. The molecule has 0 saturated carbocycles. The minimum absolute atomic E-state index is 0.113. The number of halogens is 1. The Balaban J connectivity index is 2.13. The number of hydrogen-bond acceptors (Lipinski definition) is 5. The lowest BCUT2D eigenvalue weighted by molar-refractivity contribution is 0.0996. The Hall–Kier alpha value is -2.15. The fourth-order valence-corrected chi connectivity index (χ4v) is 1.88. The van der Waals surface area contributed by atoms with Gasteiger partial charge in [-0.2, -0.15) is 0 Å². The number of amides is 1. The van der Waals surface area contributed by atoms with Crippen molar-refractivity contribution in [3.63, 3.8) is 0 Å². The number of carbonyl (C=O) groups excluding carboxylic acids is 1. The summed E-state index contributed by atoms with van der Waals surface area (Å²) in [6.45, 7) is 0.495. The average Bonchev–Trinajstić information content (AvgIpc) is 2.45. The minimum atomic E-state index is -0.623. The van der Waals surface area contributed by atoms with E-state index in [-0.39, 0.29) is 5.69 Å². The van der Waals surface area contributed by atoms with Crippen LogP contribution in [0.3, 0.4) is 0 Å². The Morgan fingerprint density at radius 1 is 1.40 bits per heavy atom. The smallest absolute Gasteiger partial charge is 0.271 e. The van der Waals surface area contributed by atoms with Gasteiger partial charge in [0.1, 0.15) is 10.4 Å². The molecule has 2 rings (SSSR count). The zero-order valence-electron chi connectivity index (χ0n) is 10.8. The van der Waals surface area contributed by atoms with Crippen LogP contribution in [0, 0.1) is 0 Å². The van der Waals surface area contributed by atoms with Gasteiger partial charge in [0.25, 0.3) is 5.91 Å². The summed E-state index contributed by atoms with van der Waals surface area (Å²) in [4.78, 5) is 19.4. The molecule has 0 aliphatic rings. The highest BCUT2D eigenvalue weighted by Gasteiger charge is 2.11. The highest BCUT2D eigenvalue weighted by atomic mass is 79.9. The molecule has 1 heterocycles. The van der Waals surface area contributed by atoms with E-state index in [2.05, 4.69) is 31.2 Å². The van der Waals surface area contributed by atoms with Crippen molar-refractivity contribution in [2.75, 3.05) is 12.4 Å². The van der Waals surface area contributed by atoms with Gasteiger partial charge in [-0.25, -0.2) is 9.97 Å². The molecule has 3 N–H and O–H groups in total. The number of benzene rings is 1. The van der Waals surface area contributed by atoms with Crippen LogP contribution < -0.4 is 15.8 Å². The monoisotopic (exact) mass is 336 g/mol. The third-order valence-electron chi connectivity index (χ3n) is 2.60. The summed E-state index contributed by atoms with van der Waals surface area (Å²) in [6, 6.07) is 7.56. The molecule has 0 unspecified atom stereocenters. The number of ether oxygens (including phenoxy) is 1. The molecule has 7 heteroatoms. The van der Waals surface area contributed by atoms with Crippen LogP contribution in [0.15, 0.2) is 35.1 Å². The number of rotatable bonds is 5. The van der Waals surface area contributed by atoms with Crippen LogP contribution in [-0.4, -0.2) is 23.0 Å². The second-order valence-electron chi connectivity index (χ2n) is 3.96. The maximum Gasteiger partial charge on any atom is 0.271 e. The van der Waals surface area contributed by atoms with Gasteiger partial charge in [0, 0.05) is 6.54 Å². The molecule has 0 atom stereocenters. The molecular weight excluding hydrogens is 324 g/mol. The molecule has 1 aromatic carbocycles. The molecule has 0 spiro atoms. The lowest BCUT2D eigenvalue weighted by atomic mass is 10.2. The minimum Gasteiger partial charge on any atom is -0.497 e. The quantitative estimate of drug-likeness (QED) is 0.870. The first kappa shape index (κ1) is 14.3. The van der Waals surface area contributed by atoms with Gasteiger partial charge in [0.15, 0.2) is 11.5 Å². The maximum atomic E-state index is 11.3. The van der Waals surface area contributed by atoms with Gasteiger partial charge >= 0.3 is 0 Å². The summed E-state index contributed by atoms with van der Waals surface area (Å²) in [6.07, 6.45) is 1.43. The van der Waals surface area contributed by atoms with E-state index < -0.39 is 5.91 Å². The van der Waals surface area contributed by atoms with Crippen LogP contribution in [0.5, 0.6) is 5.75 Å². The largest absolute Gasteiger partial charge is 0.497 e. The van der Waals surface area contributed by atoms with E-state index in [1.165, 1.54) is 6.20 Å². The van der Waals surface area contributed by atoms with Crippen molar-refractivity contribution in [1.82, 2.24) is 9.97 Å². The van der Waals surface area contributed by atoms with Gasteiger partial charge < -0.3 is 15.8 Å². The topological polar surface area (TPSA) is 90.1 Å². The lowest BCUT2D eigenvalue weighted by Crippen LogP contribution is -2.17. The number of primary amides is 1. The standard InChI is InChI=1S/C13H13BrN4O2/c1-20-9-4-2-8(3-5-9)6-17-13-11(12(15)19)16-7-10(14)18-13/h2-5,7H,6H2,1H3,(H2,15,19)(H,17,18). The molecule has 1 amide bonds. The van der Waals surface area contributed by atoms with Crippen molar-refractivity contribution in [1.29, 1.82) is 0 Å². The third kappa shape index (κ3) is 3.45. The molecule has 1 aromatic heterocycles. The van der Waals surface area contributed by atoms with Crippen LogP contribution >= 0.6 is 15.9 Å². The van der Waals surface area contributed by atoms with Gasteiger partial charge in [-0.3, -0.25) is 4.79 Å². The summed E-state index contributed by atoms with van der Waals surface area (Å²) in [7, 11) is 1.61. The normalized spacial score (nSPS) is 10.1. The first-order valence-electron chi connectivity index (χ1n) is 5.79. The molecule has 0 fully saturated rings. The molecule has 2 aromatic rings. The van der Waals surface area contributed by atoms with E-state index in [9.17, 15) is 4.79 Å². The van der Waals surface area contributed by atoms with Crippen molar-refractivity contribution in [2.45, 2.75) is 6.54 Å². The molecule has 0 aliphatic carbocycles. The molecule has 0 bridgehead atoms. The Labute approximate surface area is 124 Å². The number of carbonyl (C=O) groups is 1. The molecule has 6 nitrogen and oxygen atoms in total. The summed E-state index contributed by atoms with van der Waals surface area (Å²) in [5, 5.41) is 3.04. The van der Waals surface area contributed by atoms with Gasteiger partial charge in [0.2, 0.25) is 0 Å². The van der Waals surface area contributed by atoms with Crippen LogP contribution in [0.1, 0.15) is 16.1 Å². The predicted molar refractivity (Wildman–Crippen MR) is 78.6 cm³/mol. The highest BCUT2D eigenvalue weighted by Crippen LogP contribution is 2.16. The summed E-state index contributed by atoms with van der Waals surface area (Å²) < 4.78 is 5.62. The van der Waals surface area contributed by atoms with Crippen molar-refractivity contribution in [3.05, 3.63) is 46.3 Å². The van der Waals surface area contributed by atoms with Crippen molar-refractivity contribution >= 4 is 27.7 Å². The number of nitrogens with two attached hydrogens (primary N) is 1. The van der Waals surface area contributed by atoms with E-state index in [0.29, 0.717) is 17.0 Å². The first-order valence-corrected chi connectivity index (χ1v) is 6.58. The fourth-order valence-electron chi connectivity index (χ4n) is 1.60. The van der Waals surface area contributed by atoms with Crippen molar-refractivity contribution < 1.29 is 9.53 Å². The Morgan fingerprint density at radius 2 is 2.10 bits per heavy atom. The molecule has 0 aliphatic heterocycles. The van der Waals surface area contributed by atoms with Crippen LogP contribution in [0.4, 0.5) is 5.82 Å². The SMILES string of the molecule is COc1ccc(CNc2nc(Br)cnc2C(N)=O)cc1. The van der Waals surface area contributed by atoms with Gasteiger partial charge in [-0.05, 0) is 33.6 Å². The average molecular weight is 337 g/mol. The highest BCUT2D eigenvalue weighted by molar-refractivity contribution is 9.10. The molecule has 20 heavy (non-hydrogen) atoms. The number of methoxy groups -OCH3 is 1. The van der Waals surface area contributed by atoms with Crippen LogP contribution in [0.2, 0.25) is 0 Å². The second-order valence-corrected chi connectivity index (χ2v) is 4.77. The summed E-state index contributed by atoms with van der Waals surface area (Å²) >= 11 is 3.21. The van der Waals surface area contributed by atoms with Gasteiger partial charge in [-0.1, -0.05) is 12.1 Å². The van der Waals surface area contributed by atoms with Gasteiger partial charge in [0.05, 0.1) is 13.3 Å². The zero-order valence-corrected chi connectivity index (χ0v) is 12.3. The first-order chi connectivity index (χ1) is 9.60. The summed E-state index contributed by atoms with van der Waals surface area (Å²) in [5.41, 5.74) is 6.39. The molecule has 104 valence electrons. The predicted octanol–water partition coefficient (Wildman–Crippen LogP) is 1.96. The fraction of sp³-hybridized carbons (Fsp3) is 0.154.